The first kappa shape index (κ1) is 16.5. The summed E-state index contributed by atoms with van der Waals surface area (Å²) in [5, 5.41) is 0. The van der Waals surface area contributed by atoms with Gasteiger partial charge in [-0.05, 0) is 18.6 Å². The largest absolute Gasteiger partial charge is 0.467 e. The Morgan fingerprint density at radius 1 is 1.22 bits per heavy atom. The van der Waals surface area contributed by atoms with E-state index in [-0.39, 0.29) is 17.7 Å². The maximum atomic E-state index is 12.7. The minimum absolute atomic E-state index is 0.223. The molecular formula is C17H18N2O4. The molecule has 0 aliphatic heterocycles. The molecule has 1 heterocycles. The lowest BCUT2D eigenvalue weighted by molar-refractivity contribution is -0.145. The standard InChI is InChI=1S/C17H18N2O4/c1-12(17(22)23-2)19(11-13-6-4-3-5-7-13)16(21)14-8-9-18-15(20)10-14/h3-10,12H,11H2,1-2H3,(H,18,20)/t12-/m0/s1. The second kappa shape index (κ2) is 7.40. The van der Waals surface area contributed by atoms with Gasteiger partial charge < -0.3 is 14.6 Å². The van der Waals surface area contributed by atoms with Gasteiger partial charge in [0.15, 0.2) is 0 Å². The third-order valence-electron chi connectivity index (χ3n) is 3.49. The molecule has 0 spiro atoms. The van der Waals surface area contributed by atoms with Gasteiger partial charge in [-0.1, -0.05) is 30.3 Å². The minimum Gasteiger partial charge on any atom is -0.467 e. The summed E-state index contributed by atoms with van der Waals surface area (Å²) in [6.07, 6.45) is 1.40. The Balaban J connectivity index is 2.34. The Morgan fingerprint density at radius 3 is 2.52 bits per heavy atom. The minimum atomic E-state index is -0.771. The molecule has 23 heavy (non-hydrogen) atoms. The summed E-state index contributed by atoms with van der Waals surface area (Å²) >= 11 is 0. The highest BCUT2D eigenvalue weighted by molar-refractivity contribution is 5.96. The number of aromatic nitrogens is 1. The van der Waals surface area contributed by atoms with Crippen molar-refractivity contribution < 1.29 is 14.3 Å². The Hall–Kier alpha value is -2.89. The van der Waals surface area contributed by atoms with Crippen LogP contribution in [0.5, 0.6) is 0 Å². The number of methoxy groups -OCH3 is 1. The van der Waals surface area contributed by atoms with Crippen LogP contribution in [0.15, 0.2) is 53.5 Å². The van der Waals surface area contributed by atoms with Crippen molar-refractivity contribution in [3.63, 3.8) is 0 Å². The number of esters is 1. The van der Waals surface area contributed by atoms with Crippen LogP contribution in [0.25, 0.3) is 0 Å². The SMILES string of the molecule is COC(=O)[C@H](C)N(Cc1ccccc1)C(=O)c1cc[nH]c(=O)c1. The van der Waals surface area contributed by atoms with Crippen molar-refractivity contribution in [2.45, 2.75) is 19.5 Å². The maximum absolute atomic E-state index is 12.7. The molecule has 1 aromatic carbocycles. The third kappa shape index (κ3) is 4.06. The van der Waals surface area contributed by atoms with Crippen molar-refractivity contribution in [1.82, 2.24) is 9.88 Å². The second-order valence-corrected chi connectivity index (χ2v) is 5.06. The summed E-state index contributed by atoms with van der Waals surface area (Å²) in [6.45, 7) is 1.84. The van der Waals surface area contributed by atoms with Crippen molar-refractivity contribution in [2.24, 2.45) is 0 Å². The van der Waals surface area contributed by atoms with Crippen LogP contribution in [-0.2, 0) is 16.1 Å². The smallest absolute Gasteiger partial charge is 0.328 e. The van der Waals surface area contributed by atoms with E-state index >= 15 is 0 Å². The fraction of sp³-hybridized carbons (Fsp3) is 0.235. The molecule has 6 heteroatoms. The summed E-state index contributed by atoms with van der Waals surface area (Å²) < 4.78 is 4.74. The summed E-state index contributed by atoms with van der Waals surface area (Å²) in [6, 6.07) is 11.3. The van der Waals surface area contributed by atoms with Crippen molar-refractivity contribution in [3.8, 4) is 0 Å². The molecule has 0 bridgehead atoms. The molecule has 1 atom stereocenters. The molecule has 0 aliphatic rings. The number of ether oxygens (including phenoxy) is 1. The zero-order chi connectivity index (χ0) is 16.8. The molecule has 120 valence electrons. The average molecular weight is 314 g/mol. The van der Waals surface area contributed by atoms with Gasteiger partial charge in [0.1, 0.15) is 6.04 Å². The quantitative estimate of drug-likeness (QED) is 0.850. The molecule has 1 aromatic heterocycles. The maximum Gasteiger partial charge on any atom is 0.328 e. The molecule has 0 radical (unpaired) electrons. The Morgan fingerprint density at radius 2 is 1.91 bits per heavy atom. The van der Waals surface area contributed by atoms with Gasteiger partial charge in [-0.2, -0.15) is 0 Å². The van der Waals surface area contributed by atoms with E-state index in [0.717, 1.165) is 5.56 Å². The number of hydrogen-bond donors (Lipinski definition) is 1. The number of rotatable bonds is 5. The van der Waals surface area contributed by atoms with E-state index < -0.39 is 17.9 Å². The fourth-order valence-electron chi connectivity index (χ4n) is 2.21. The number of pyridine rings is 1. The van der Waals surface area contributed by atoms with Crippen LogP contribution in [0, 0.1) is 0 Å². The second-order valence-electron chi connectivity index (χ2n) is 5.06. The van der Waals surface area contributed by atoms with Crippen LogP contribution in [-0.4, -0.2) is 34.9 Å². The predicted molar refractivity (Wildman–Crippen MR) is 84.9 cm³/mol. The van der Waals surface area contributed by atoms with Gasteiger partial charge >= 0.3 is 5.97 Å². The summed E-state index contributed by atoms with van der Waals surface area (Å²) in [4.78, 5) is 39.9. The van der Waals surface area contributed by atoms with E-state index in [9.17, 15) is 14.4 Å². The van der Waals surface area contributed by atoms with Crippen LogP contribution >= 0.6 is 0 Å². The van der Waals surface area contributed by atoms with Crippen molar-refractivity contribution >= 4 is 11.9 Å². The number of carbonyl (C=O) groups excluding carboxylic acids is 2. The predicted octanol–water partition coefficient (Wildman–Crippen LogP) is 1.58. The molecule has 6 nitrogen and oxygen atoms in total. The molecule has 2 rings (SSSR count). The van der Waals surface area contributed by atoms with Gasteiger partial charge in [0.25, 0.3) is 5.91 Å². The highest BCUT2D eigenvalue weighted by Gasteiger charge is 2.27. The van der Waals surface area contributed by atoms with E-state index in [4.69, 9.17) is 4.74 Å². The van der Waals surface area contributed by atoms with Gasteiger partial charge in [0, 0.05) is 24.4 Å². The van der Waals surface area contributed by atoms with Gasteiger partial charge in [-0.25, -0.2) is 4.79 Å². The van der Waals surface area contributed by atoms with Gasteiger partial charge in [-0.15, -0.1) is 0 Å². The van der Waals surface area contributed by atoms with Crippen LogP contribution in [0.3, 0.4) is 0 Å². The first-order valence-corrected chi connectivity index (χ1v) is 7.14. The number of amides is 1. The van der Waals surface area contributed by atoms with Gasteiger partial charge in [0.2, 0.25) is 5.56 Å². The zero-order valence-electron chi connectivity index (χ0n) is 13.0. The van der Waals surface area contributed by atoms with E-state index in [1.54, 1.807) is 6.92 Å². The number of H-pyrrole nitrogens is 1. The average Bonchev–Trinajstić information content (AvgIpc) is 2.58. The molecule has 0 fully saturated rings. The topological polar surface area (TPSA) is 79.5 Å². The Bertz CT molecular complexity index is 740. The lowest BCUT2D eigenvalue weighted by Crippen LogP contribution is -2.43. The molecule has 1 N–H and O–H groups in total. The van der Waals surface area contributed by atoms with Crippen molar-refractivity contribution in [2.75, 3.05) is 7.11 Å². The number of nitrogens with one attached hydrogen (secondary N) is 1. The highest BCUT2D eigenvalue weighted by Crippen LogP contribution is 2.13. The molecule has 2 aromatic rings. The summed E-state index contributed by atoms with van der Waals surface area (Å²) in [7, 11) is 1.28. The Labute approximate surface area is 133 Å². The number of aromatic amines is 1. The van der Waals surface area contributed by atoms with Gasteiger partial charge in [0.05, 0.1) is 7.11 Å². The van der Waals surface area contributed by atoms with E-state index in [1.807, 2.05) is 30.3 Å². The molecule has 0 unspecified atom stereocenters. The van der Waals surface area contributed by atoms with Crippen molar-refractivity contribution in [1.29, 1.82) is 0 Å². The van der Waals surface area contributed by atoms with Crippen LogP contribution in [0.2, 0.25) is 0 Å². The van der Waals surface area contributed by atoms with Crippen molar-refractivity contribution in [3.05, 3.63) is 70.1 Å². The number of benzene rings is 1. The molecule has 0 saturated carbocycles. The summed E-state index contributed by atoms with van der Waals surface area (Å²) in [5.41, 5.74) is 0.725. The fourth-order valence-corrected chi connectivity index (χ4v) is 2.21. The van der Waals surface area contributed by atoms with E-state index in [2.05, 4.69) is 4.98 Å². The zero-order valence-corrected chi connectivity index (χ0v) is 13.0. The number of carbonyl (C=O) groups is 2. The van der Waals surface area contributed by atoms with Crippen LogP contribution in [0.1, 0.15) is 22.8 Å². The van der Waals surface area contributed by atoms with Crippen LogP contribution in [0.4, 0.5) is 0 Å². The molecular weight excluding hydrogens is 296 g/mol. The first-order valence-electron chi connectivity index (χ1n) is 7.14. The van der Waals surface area contributed by atoms with E-state index in [1.165, 1.54) is 30.3 Å². The van der Waals surface area contributed by atoms with E-state index in [0.29, 0.717) is 0 Å². The highest BCUT2D eigenvalue weighted by atomic mass is 16.5. The lowest BCUT2D eigenvalue weighted by atomic mass is 10.1. The third-order valence-corrected chi connectivity index (χ3v) is 3.49. The molecule has 1 amide bonds. The number of nitrogens with zero attached hydrogens (tertiary/aromatic N) is 1. The summed E-state index contributed by atoms with van der Waals surface area (Å²) in [5.74, 6) is -0.919. The lowest BCUT2D eigenvalue weighted by Gasteiger charge is -2.27. The molecule has 0 saturated heterocycles. The van der Waals surface area contributed by atoms with Crippen LogP contribution < -0.4 is 5.56 Å². The van der Waals surface area contributed by atoms with Gasteiger partial charge in [-0.3, -0.25) is 9.59 Å². The normalized spacial score (nSPS) is 11.6. The first-order chi connectivity index (χ1) is 11.0. The Kier molecular flexibility index (Phi) is 5.30. The number of hydrogen-bond acceptors (Lipinski definition) is 4. The molecule has 0 aliphatic carbocycles. The monoisotopic (exact) mass is 314 g/mol.